The molecule has 0 atom stereocenters. The van der Waals surface area contributed by atoms with Gasteiger partial charge in [-0.2, -0.15) is 0 Å². The lowest BCUT2D eigenvalue weighted by Crippen LogP contribution is -2.23. The Morgan fingerprint density at radius 2 is 1.90 bits per heavy atom. The highest BCUT2D eigenvalue weighted by Gasteiger charge is 2.20. The van der Waals surface area contributed by atoms with Gasteiger partial charge in [-0.15, -0.1) is 11.3 Å². The molecule has 30 heavy (non-hydrogen) atoms. The van der Waals surface area contributed by atoms with Gasteiger partial charge in [-0.05, 0) is 55.5 Å². The Morgan fingerprint density at radius 1 is 1.10 bits per heavy atom. The molecule has 3 heterocycles. The molecule has 0 bridgehead atoms. The fraction of sp³-hybridized carbons (Fsp3) is 0.143. The van der Waals surface area contributed by atoms with Crippen molar-refractivity contribution in [3.8, 4) is 0 Å². The standard InChI is InChI=1S/C21H19N5O3S/c1-13-4-9-17(30-13)20(28)25-18-16(3-2-10-23-18)19(27)24-14-5-7-15(8-6-14)26-11-12-29-21(26)22/h2-10,22H,11-12H2,1H3,(H,24,27)(H,23,25,28). The van der Waals surface area contributed by atoms with E-state index in [2.05, 4.69) is 15.6 Å². The summed E-state index contributed by atoms with van der Waals surface area (Å²) < 4.78 is 5.15. The van der Waals surface area contributed by atoms with Crippen molar-refractivity contribution in [1.82, 2.24) is 4.98 Å². The number of ether oxygens (including phenoxy) is 1. The van der Waals surface area contributed by atoms with Gasteiger partial charge in [0.15, 0.2) is 0 Å². The number of amides is 2. The first-order chi connectivity index (χ1) is 14.5. The van der Waals surface area contributed by atoms with Crippen molar-refractivity contribution in [3.05, 3.63) is 70.0 Å². The first kappa shape index (κ1) is 19.6. The van der Waals surface area contributed by atoms with Gasteiger partial charge >= 0.3 is 0 Å². The van der Waals surface area contributed by atoms with Crippen molar-refractivity contribution in [3.63, 3.8) is 0 Å². The Balaban J connectivity index is 1.47. The van der Waals surface area contributed by atoms with E-state index in [-0.39, 0.29) is 29.2 Å². The largest absolute Gasteiger partial charge is 0.463 e. The predicted octanol–water partition coefficient (Wildman–Crippen LogP) is 3.73. The highest BCUT2D eigenvalue weighted by molar-refractivity contribution is 7.14. The number of aromatic nitrogens is 1. The van der Waals surface area contributed by atoms with Crippen molar-refractivity contribution in [1.29, 1.82) is 5.41 Å². The molecular formula is C21H19N5O3S. The van der Waals surface area contributed by atoms with Gasteiger partial charge in [0.2, 0.25) is 0 Å². The summed E-state index contributed by atoms with van der Waals surface area (Å²) in [6, 6.07) is 14.1. The minimum atomic E-state index is -0.384. The Hall–Kier alpha value is -3.72. The van der Waals surface area contributed by atoms with E-state index in [1.54, 1.807) is 35.2 Å². The second-order valence-corrected chi connectivity index (χ2v) is 7.86. The molecule has 0 spiro atoms. The zero-order valence-corrected chi connectivity index (χ0v) is 17.0. The smallest absolute Gasteiger partial charge is 0.289 e. The van der Waals surface area contributed by atoms with Crippen LogP contribution in [-0.2, 0) is 4.74 Å². The van der Waals surface area contributed by atoms with E-state index in [0.717, 1.165) is 10.6 Å². The number of carbonyl (C=O) groups excluding carboxylic acids is 2. The third-order valence-corrected chi connectivity index (χ3v) is 5.48. The number of benzene rings is 1. The average molecular weight is 421 g/mol. The molecule has 3 aromatic rings. The van der Waals surface area contributed by atoms with E-state index in [1.807, 2.05) is 25.1 Å². The van der Waals surface area contributed by atoms with Crippen LogP contribution >= 0.6 is 11.3 Å². The van der Waals surface area contributed by atoms with Crippen molar-refractivity contribution >= 4 is 46.4 Å². The Kier molecular flexibility index (Phi) is 5.44. The van der Waals surface area contributed by atoms with Gasteiger partial charge in [-0.1, -0.05) is 0 Å². The summed E-state index contributed by atoms with van der Waals surface area (Å²) in [6.45, 7) is 3.02. The zero-order valence-electron chi connectivity index (χ0n) is 16.1. The molecular weight excluding hydrogens is 402 g/mol. The third-order valence-electron chi connectivity index (χ3n) is 4.48. The molecule has 9 heteroatoms. The van der Waals surface area contributed by atoms with Gasteiger partial charge in [0, 0.05) is 22.4 Å². The van der Waals surface area contributed by atoms with Crippen LogP contribution in [0.5, 0.6) is 0 Å². The molecule has 1 aliphatic heterocycles. The number of hydrogen-bond acceptors (Lipinski definition) is 6. The van der Waals surface area contributed by atoms with Gasteiger partial charge in [-0.3, -0.25) is 19.9 Å². The number of amidine groups is 1. The van der Waals surface area contributed by atoms with Crippen LogP contribution in [0.3, 0.4) is 0 Å². The van der Waals surface area contributed by atoms with Gasteiger partial charge in [-0.25, -0.2) is 4.98 Å². The van der Waals surface area contributed by atoms with Gasteiger partial charge in [0.05, 0.1) is 17.0 Å². The van der Waals surface area contributed by atoms with Crippen molar-refractivity contribution in [2.45, 2.75) is 6.92 Å². The maximum Gasteiger partial charge on any atom is 0.289 e. The summed E-state index contributed by atoms with van der Waals surface area (Å²) >= 11 is 1.38. The van der Waals surface area contributed by atoms with Crippen LogP contribution in [0.1, 0.15) is 24.9 Å². The highest BCUT2D eigenvalue weighted by atomic mass is 32.1. The second kappa shape index (κ2) is 8.34. The number of aryl methyl sites for hydroxylation is 1. The summed E-state index contributed by atoms with van der Waals surface area (Å²) in [5, 5.41) is 13.3. The molecule has 0 aliphatic carbocycles. The lowest BCUT2D eigenvalue weighted by Gasteiger charge is -2.15. The molecule has 2 amide bonds. The number of nitrogens with one attached hydrogen (secondary N) is 3. The third kappa shape index (κ3) is 4.15. The summed E-state index contributed by atoms with van der Waals surface area (Å²) in [5.41, 5.74) is 1.67. The van der Waals surface area contributed by atoms with E-state index in [9.17, 15) is 9.59 Å². The number of rotatable bonds is 5. The summed E-state index contributed by atoms with van der Waals surface area (Å²) in [4.78, 5) is 32.7. The average Bonchev–Trinajstić information content (AvgIpc) is 3.37. The van der Waals surface area contributed by atoms with Gasteiger partial charge in [0.25, 0.3) is 17.8 Å². The van der Waals surface area contributed by atoms with E-state index in [4.69, 9.17) is 10.1 Å². The van der Waals surface area contributed by atoms with Crippen molar-refractivity contribution in [2.75, 3.05) is 28.7 Å². The Morgan fingerprint density at radius 3 is 2.57 bits per heavy atom. The highest BCUT2D eigenvalue weighted by Crippen LogP contribution is 2.22. The molecule has 1 aromatic carbocycles. The summed E-state index contributed by atoms with van der Waals surface area (Å²) in [7, 11) is 0. The van der Waals surface area contributed by atoms with E-state index >= 15 is 0 Å². The SMILES string of the molecule is Cc1ccc(C(=O)Nc2ncccc2C(=O)Nc2ccc(N3CCOC3=N)cc2)s1. The van der Waals surface area contributed by atoms with Crippen LogP contribution < -0.4 is 15.5 Å². The number of carbonyl (C=O) groups is 2. The number of anilines is 3. The lowest BCUT2D eigenvalue weighted by atomic mass is 10.2. The van der Waals surface area contributed by atoms with Crippen molar-refractivity contribution < 1.29 is 14.3 Å². The zero-order chi connectivity index (χ0) is 21.1. The van der Waals surface area contributed by atoms with E-state index < -0.39 is 0 Å². The molecule has 4 rings (SSSR count). The van der Waals surface area contributed by atoms with E-state index in [0.29, 0.717) is 23.7 Å². The van der Waals surface area contributed by atoms with Crippen LogP contribution in [0.15, 0.2) is 54.7 Å². The molecule has 8 nitrogen and oxygen atoms in total. The fourth-order valence-corrected chi connectivity index (χ4v) is 3.76. The molecule has 0 radical (unpaired) electrons. The molecule has 3 N–H and O–H groups in total. The van der Waals surface area contributed by atoms with Gasteiger partial charge < -0.3 is 15.4 Å². The molecule has 152 valence electrons. The molecule has 2 aromatic heterocycles. The molecule has 0 saturated carbocycles. The Labute approximate surface area is 177 Å². The molecule has 0 unspecified atom stereocenters. The quantitative estimate of drug-likeness (QED) is 0.582. The molecule has 1 aliphatic rings. The number of nitrogens with zero attached hydrogens (tertiary/aromatic N) is 2. The summed E-state index contributed by atoms with van der Waals surface area (Å²) in [6.07, 6.45) is 1.52. The fourth-order valence-electron chi connectivity index (χ4n) is 3.00. The monoisotopic (exact) mass is 421 g/mol. The van der Waals surface area contributed by atoms with Crippen LogP contribution in [0, 0.1) is 12.3 Å². The second-order valence-electron chi connectivity index (χ2n) is 6.57. The minimum Gasteiger partial charge on any atom is -0.463 e. The van der Waals surface area contributed by atoms with Crippen LogP contribution in [0.4, 0.5) is 17.2 Å². The minimum absolute atomic E-state index is 0.114. The maximum atomic E-state index is 12.8. The normalized spacial score (nSPS) is 13.1. The first-order valence-corrected chi connectivity index (χ1v) is 10.1. The van der Waals surface area contributed by atoms with Crippen LogP contribution in [-0.4, -0.2) is 36.0 Å². The molecule has 1 saturated heterocycles. The van der Waals surface area contributed by atoms with Gasteiger partial charge in [0.1, 0.15) is 12.4 Å². The van der Waals surface area contributed by atoms with E-state index in [1.165, 1.54) is 17.5 Å². The van der Waals surface area contributed by atoms with Crippen LogP contribution in [0.2, 0.25) is 0 Å². The maximum absolute atomic E-state index is 12.8. The number of hydrogen-bond donors (Lipinski definition) is 3. The number of pyridine rings is 1. The topological polar surface area (TPSA) is 107 Å². The molecule has 1 fully saturated rings. The van der Waals surface area contributed by atoms with Crippen LogP contribution in [0.25, 0.3) is 0 Å². The number of thiophene rings is 1. The first-order valence-electron chi connectivity index (χ1n) is 9.24. The van der Waals surface area contributed by atoms with Crippen molar-refractivity contribution in [2.24, 2.45) is 0 Å². The Bertz CT molecular complexity index is 1110. The lowest BCUT2D eigenvalue weighted by molar-refractivity contribution is 0.102. The summed E-state index contributed by atoms with van der Waals surface area (Å²) in [5.74, 6) is -0.489. The predicted molar refractivity (Wildman–Crippen MR) is 117 cm³/mol.